The van der Waals surface area contributed by atoms with Crippen LogP contribution < -0.4 is 0 Å². The van der Waals surface area contributed by atoms with Crippen LogP contribution in [0, 0.1) is 5.92 Å². The van der Waals surface area contributed by atoms with Crippen LogP contribution in [0.25, 0.3) is 0 Å². The number of alkyl halides is 3. The average Bonchev–Trinajstić information content (AvgIpc) is 2.43. The molecule has 0 fully saturated rings. The molecule has 21 heavy (non-hydrogen) atoms. The van der Waals surface area contributed by atoms with Crippen molar-refractivity contribution in [2.24, 2.45) is 5.92 Å². The number of halogens is 3. The molecule has 4 heteroatoms. The first-order valence-corrected chi connectivity index (χ1v) is 7.71. The van der Waals surface area contributed by atoms with E-state index in [-0.39, 0.29) is 0 Å². The molecule has 0 spiro atoms. The number of rotatable bonds is 8. The van der Waals surface area contributed by atoms with Crippen molar-refractivity contribution in [2.75, 3.05) is 0 Å². The van der Waals surface area contributed by atoms with Gasteiger partial charge in [-0.2, -0.15) is 13.2 Å². The maximum Gasteiger partial charge on any atom is 0.416 e. The molecule has 1 nitrogen and oxygen atoms in total. The second-order valence-electron chi connectivity index (χ2n) is 5.70. The summed E-state index contributed by atoms with van der Waals surface area (Å²) >= 11 is 0. The van der Waals surface area contributed by atoms with Crippen LogP contribution in [0.2, 0.25) is 0 Å². The normalized spacial score (nSPS) is 15.0. The summed E-state index contributed by atoms with van der Waals surface area (Å²) in [6.07, 6.45) is 0.796. The molecule has 0 aliphatic carbocycles. The minimum absolute atomic E-state index is 0.417. The van der Waals surface area contributed by atoms with E-state index in [1.54, 1.807) is 0 Å². The van der Waals surface area contributed by atoms with Crippen LogP contribution in [0.3, 0.4) is 0 Å². The smallest absolute Gasteiger partial charge is 0.393 e. The number of aliphatic hydroxyl groups excluding tert-OH is 1. The van der Waals surface area contributed by atoms with Crippen LogP contribution in [0.15, 0.2) is 24.3 Å². The van der Waals surface area contributed by atoms with Gasteiger partial charge in [0.15, 0.2) is 0 Å². The predicted octanol–water partition coefficient (Wildman–Crippen LogP) is 5.22. The van der Waals surface area contributed by atoms with Crippen molar-refractivity contribution < 1.29 is 18.3 Å². The van der Waals surface area contributed by atoms with Crippen LogP contribution >= 0.6 is 0 Å². The highest BCUT2D eigenvalue weighted by Gasteiger charge is 2.30. The minimum atomic E-state index is -4.30. The summed E-state index contributed by atoms with van der Waals surface area (Å²) in [7, 11) is 0. The van der Waals surface area contributed by atoms with Crippen LogP contribution in [-0.2, 0) is 12.6 Å². The lowest BCUT2D eigenvalue weighted by molar-refractivity contribution is -0.137. The zero-order valence-corrected chi connectivity index (χ0v) is 12.8. The van der Waals surface area contributed by atoms with Crippen LogP contribution in [0.5, 0.6) is 0 Å². The number of benzene rings is 1. The summed E-state index contributed by atoms with van der Waals surface area (Å²) in [4.78, 5) is 0. The van der Waals surface area contributed by atoms with Gasteiger partial charge < -0.3 is 5.11 Å². The van der Waals surface area contributed by atoms with E-state index in [2.05, 4.69) is 13.8 Å². The van der Waals surface area contributed by atoms with E-state index in [0.717, 1.165) is 49.8 Å². The third-order valence-corrected chi connectivity index (χ3v) is 3.90. The summed E-state index contributed by atoms with van der Waals surface area (Å²) < 4.78 is 37.4. The Morgan fingerprint density at radius 1 is 1.10 bits per heavy atom. The molecule has 1 rings (SSSR count). The van der Waals surface area contributed by atoms with E-state index in [0.29, 0.717) is 12.3 Å². The van der Waals surface area contributed by atoms with E-state index in [1.165, 1.54) is 12.1 Å². The quantitative estimate of drug-likeness (QED) is 0.698. The lowest BCUT2D eigenvalue weighted by atomic mass is 9.91. The van der Waals surface area contributed by atoms with Crippen molar-refractivity contribution in [2.45, 2.75) is 64.7 Å². The zero-order chi connectivity index (χ0) is 15.9. The van der Waals surface area contributed by atoms with Crippen molar-refractivity contribution in [1.82, 2.24) is 0 Å². The molecule has 0 heterocycles. The van der Waals surface area contributed by atoms with Gasteiger partial charge in [0.1, 0.15) is 0 Å². The topological polar surface area (TPSA) is 20.2 Å². The fraction of sp³-hybridized carbons (Fsp3) is 0.647. The number of unbranched alkanes of at least 4 members (excludes halogenated alkanes) is 1. The molecule has 0 aliphatic heterocycles. The highest BCUT2D eigenvalue weighted by molar-refractivity contribution is 5.25. The first-order valence-electron chi connectivity index (χ1n) is 7.71. The largest absolute Gasteiger partial charge is 0.416 e. The molecule has 0 saturated carbocycles. The van der Waals surface area contributed by atoms with Gasteiger partial charge in [-0.05, 0) is 36.5 Å². The third-order valence-electron chi connectivity index (χ3n) is 3.90. The molecule has 120 valence electrons. The monoisotopic (exact) mass is 302 g/mol. The Bertz CT molecular complexity index is 397. The van der Waals surface area contributed by atoms with Crippen LogP contribution in [0.1, 0.15) is 57.1 Å². The van der Waals surface area contributed by atoms with Crippen molar-refractivity contribution >= 4 is 0 Å². The maximum atomic E-state index is 12.5. The van der Waals surface area contributed by atoms with E-state index in [1.807, 2.05) is 0 Å². The van der Waals surface area contributed by atoms with Gasteiger partial charge in [0.2, 0.25) is 0 Å². The maximum absolute atomic E-state index is 12.5. The average molecular weight is 302 g/mol. The molecule has 0 aromatic heterocycles. The first-order chi connectivity index (χ1) is 9.86. The Labute approximate surface area is 125 Å². The van der Waals surface area contributed by atoms with Gasteiger partial charge in [0, 0.05) is 0 Å². The molecule has 2 unspecified atom stereocenters. The fourth-order valence-corrected chi connectivity index (χ4v) is 2.55. The summed E-state index contributed by atoms with van der Waals surface area (Å²) in [6.45, 7) is 4.26. The van der Waals surface area contributed by atoms with Gasteiger partial charge in [-0.1, -0.05) is 51.7 Å². The second-order valence-corrected chi connectivity index (χ2v) is 5.70. The highest BCUT2D eigenvalue weighted by Crippen LogP contribution is 2.29. The SMILES string of the molecule is CCCCC(CC)CC(O)Cc1ccc(C(F)(F)F)cc1. The Hall–Kier alpha value is -1.03. The van der Waals surface area contributed by atoms with Gasteiger partial charge in [0.05, 0.1) is 11.7 Å². The summed E-state index contributed by atoms with van der Waals surface area (Å²) in [5.74, 6) is 0.495. The molecule has 0 saturated heterocycles. The molecule has 1 aromatic carbocycles. The van der Waals surface area contributed by atoms with E-state index >= 15 is 0 Å². The lowest BCUT2D eigenvalue weighted by Crippen LogP contribution is -2.16. The predicted molar refractivity (Wildman–Crippen MR) is 79.1 cm³/mol. The molecule has 2 atom stereocenters. The number of aliphatic hydroxyl groups is 1. The number of hydrogen-bond donors (Lipinski definition) is 1. The van der Waals surface area contributed by atoms with E-state index in [4.69, 9.17) is 0 Å². The minimum Gasteiger partial charge on any atom is -0.393 e. The highest BCUT2D eigenvalue weighted by atomic mass is 19.4. The van der Waals surface area contributed by atoms with Gasteiger partial charge in [0.25, 0.3) is 0 Å². The molecular weight excluding hydrogens is 277 g/mol. The zero-order valence-electron chi connectivity index (χ0n) is 12.8. The van der Waals surface area contributed by atoms with Crippen LogP contribution in [0.4, 0.5) is 13.2 Å². The van der Waals surface area contributed by atoms with Crippen molar-refractivity contribution in [3.8, 4) is 0 Å². The molecule has 1 N–H and O–H groups in total. The van der Waals surface area contributed by atoms with Gasteiger partial charge in [-0.25, -0.2) is 0 Å². The summed E-state index contributed by atoms with van der Waals surface area (Å²) in [5, 5.41) is 10.1. The molecular formula is C17H25F3O. The van der Waals surface area contributed by atoms with Crippen molar-refractivity contribution in [3.05, 3.63) is 35.4 Å². The van der Waals surface area contributed by atoms with Crippen molar-refractivity contribution in [1.29, 1.82) is 0 Å². The molecule has 1 aromatic rings. The van der Waals surface area contributed by atoms with Gasteiger partial charge >= 0.3 is 6.18 Å². The Kier molecular flexibility index (Phi) is 7.23. The van der Waals surface area contributed by atoms with Crippen LogP contribution in [-0.4, -0.2) is 11.2 Å². The Morgan fingerprint density at radius 2 is 1.71 bits per heavy atom. The first kappa shape index (κ1) is 18.0. The Morgan fingerprint density at radius 3 is 2.19 bits per heavy atom. The molecule has 0 radical (unpaired) electrons. The number of hydrogen-bond acceptors (Lipinski definition) is 1. The van der Waals surface area contributed by atoms with Gasteiger partial charge in [-0.3, -0.25) is 0 Å². The summed E-state index contributed by atoms with van der Waals surface area (Å²) in [6, 6.07) is 5.07. The Balaban J connectivity index is 2.52. The van der Waals surface area contributed by atoms with E-state index in [9.17, 15) is 18.3 Å². The molecule has 0 bridgehead atoms. The standard InChI is InChI=1S/C17H25F3O/c1-3-5-6-13(4-2)11-16(21)12-14-7-9-15(10-8-14)17(18,19)20/h7-10,13,16,21H,3-6,11-12H2,1-2H3. The van der Waals surface area contributed by atoms with Gasteiger partial charge in [-0.15, -0.1) is 0 Å². The van der Waals surface area contributed by atoms with E-state index < -0.39 is 17.8 Å². The fourth-order valence-electron chi connectivity index (χ4n) is 2.55. The lowest BCUT2D eigenvalue weighted by Gasteiger charge is -2.19. The molecule has 0 amide bonds. The summed E-state index contributed by atoms with van der Waals surface area (Å²) in [5.41, 5.74) is 0.107. The third kappa shape index (κ3) is 6.51. The second kappa shape index (κ2) is 8.42. The molecule has 0 aliphatic rings. The van der Waals surface area contributed by atoms with Crippen molar-refractivity contribution in [3.63, 3.8) is 0 Å².